The number of para-hydroxylation sites is 1. The molecule has 0 fully saturated rings. The fourth-order valence-electron chi connectivity index (χ4n) is 3.56. The average Bonchev–Trinajstić information content (AvgIpc) is 3.34. The van der Waals surface area contributed by atoms with Crippen LogP contribution in [0.4, 0.5) is 11.4 Å². The third-order valence-electron chi connectivity index (χ3n) is 5.45. The van der Waals surface area contributed by atoms with Crippen molar-refractivity contribution < 1.29 is 17.6 Å². The van der Waals surface area contributed by atoms with Crippen molar-refractivity contribution in [1.29, 1.82) is 0 Å². The number of nitrogens with zero attached hydrogens (tertiary/aromatic N) is 3. The molecular formula is C26H26N4O4S. The molecule has 4 aromatic rings. The van der Waals surface area contributed by atoms with E-state index in [1.54, 1.807) is 18.4 Å². The Morgan fingerprint density at radius 1 is 1.00 bits per heavy atom. The van der Waals surface area contributed by atoms with Crippen LogP contribution in [0, 0.1) is 13.8 Å². The van der Waals surface area contributed by atoms with E-state index in [2.05, 4.69) is 15.3 Å². The SMILES string of the molecule is Cc1ccc(CN(Cc2ccco2)c2cnc(S(C)(=O)=O)nc2C(=O)Nc2ccccc2C)cc1. The van der Waals surface area contributed by atoms with Crippen molar-refractivity contribution in [2.45, 2.75) is 32.1 Å². The average molecular weight is 491 g/mol. The van der Waals surface area contributed by atoms with E-state index in [1.807, 2.05) is 67.3 Å². The number of rotatable bonds is 8. The van der Waals surface area contributed by atoms with Gasteiger partial charge in [0.15, 0.2) is 5.69 Å². The third-order valence-corrected chi connectivity index (χ3v) is 6.31. The van der Waals surface area contributed by atoms with Crippen molar-refractivity contribution >= 4 is 27.1 Å². The van der Waals surface area contributed by atoms with E-state index >= 15 is 0 Å². The molecule has 0 spiro atoms. The number of sulfone groups is 1. The summed E-state index contributed by atoms with van der Waals surface area (Å²) in [6.07, 6.45) is 3.97. The van der Waals surface area contributed by atoms with Gasteiger partial charge in [0.2, 0.25) is 15.0 Å². The number of hydrogen-bond donors (Lipinski definition) is 1. The number of amides is 1. The van der Waals surface area contributed by atoms with Gasteiger partial charge in [0, 0.05) is 18.5 Å². The normalized spacial score (nSPS) is 11.3. The lowest BCUT2D eigenvalue weighted by atomic mass is 10.1. The maximum Gasteiger partial charge on any atom is 0.276 e. The molecule has 4 rings (SSSR count). The van der Waals surface area contributed by atoms with Crippen LogP contribution in [-0.4, -0.2) is 30.5 Å². The molecule has 0 saturated heterocycles. The molecule has 35 heavy (non-hydrogen) atoms. The minimum absolute atomic E-state index is 0.0395. The van der Waals surface area contributed by atoms with Crippen LogP contribution in [0.2, 0.25) is 0 Å². The molecule has 9 heteroatoms. The molecule has 2 heterocycles. The number of carbonyl (C=O) groups excluding carboxylic acids is 1. The first-order valence-corrected chi connectivity index (χ1v) is 12.9. The van der Waals surface area contributed by atoms with E-state index < -0.39 is 20.9 Å². The molecule has 180 valence electrons. The minimum Gasteiger partial charge on any atom is -0.467 e. The Bertz CT molecular complexity index is 1430. The fourth-order valence-corrected chi connectivity index (χ4v) is 4.06. The summed E-state index contributed by atoms with van der Waals surface area (Å²) in [6.45, 7) is 4.63. The highest BCUT2D eigenvalue weighted by atomic mass is 32.2. The van der Waals surface area contributed by atoms with Crippen molar-refractivity contribution in [3.63, 3.8) is 0 Å². The Balaban J connectivity index is 1.79. The molecule has 0 saturated carbocycles. The highest BCUT2D eigenvalue weighted by Crippen LogP contribution is 2.26. The summed E-state index contributed by atoms with van der Waals surface area (Å²) < 4.78 is 29.9. The van der Waals surface area contributed by atoms with E-state index in [0.29, 0.717) is 30.2 Å². The van der Waals surface area contributed by atoms with Crippen LogP contribution in [0.1, 0.15) is 32.9 Å². The van der Waals surface area contributed by atoms with Crippen LogP contribution < -0.4 is 10.2 Å². The molecule has 0 bridgehead atoms. The van der Waals surface area contributed by atoms with Crippen molar-refractivity contribution in [2.24, 2.45) is 0 Å². The Morgan fingerprint density at radius 2 is 1.74 bits per heavy atom. The zero-order valence-electron chi connectivity index (χ0n) is 19.7. The van der Waals surface area contributed by atoms with E-state index in [1.165, 1.54) is 6.20 Å². The van der Waals surface area contributed by atoms with Crippen LogP contribution in [0.25, 0.3) is 0 Å². The number of hydrogen-bond acceptors (Lipinski definition) is 7. The summed E-state index contributed by atoms with van der Waals surface area (Å²) in [5.74, 6) is 0.143. The first kappa shape index (κ1) is 24.2. The summed E-state index contributed by atoms with van der Waals surface area (Å²) >= 11 is 0. The Morgan fingerprint density at radius 3 is 2.40 bits per heavy atom. The summed E-state index contributed by atoms with van der Waals surface area (Å²) in [5.41, 5.74) is 3.96. The van der Waals surface area contributed by atoms with Crippen molar-refractivity contribution in [3.8, 4) is 0 Å². The largest absolute Gasteiger partial charge is 0.467 e. The molecule has 8 nitrogen and oxygen atoms in total. The highest BCUT2D eigenvalue weighted by Gasteiger charge is 2.24. The quantitative estimate of drug-likeness (QED) is 0.361. The van der Waals surface area contributed by atoms with E-state index in [4.69, 9.17) is 4.42 Å². The van der Waals surface area contributed by atoms with Gasteiger partial charge in [0.1, 0.15) is 5.76 Å². The van der Waals surface area contributed by atoms with Crippen LogP contribution in [0.3, 0.4) is 0 Å². The third kappa shape index (κ3) is 5.93. The van der Waals surface area contributed by atoms with Gasteiger partial charge in [0.05, 0.1) is 24.7 Å². The second-order valence-corrected chi connectivity index (χ2v) is 10.3. The molecule has 0 unspecified atom stereocenters. The zero-order chi connectivity index (χ0) is 25.0. The molecule has 1 amide bonds. The zero-order valence-corrected chi connectivity index (χ0v) is 20.5. The topological polar surface area (TPSA) is 105 Å². The number of anilines is 2. The molecule has 0 aliphatic carbocycles. The standard InChI is InChI=1S/C26H26N4O4S/c1-18-10-12-20(13-11-18)16-30(17-21-8-6-14-34-21)23-15-27-26(35(3,32)33)29-24(23)25(31)28-22-9-5-4-7-19(22)2/h4-15H,16-17H2,1-3H3,(H,28,31). The van der Waals surface area contributed by atoms with Gasteiger partial charge in [-0.2, -0.15) is 0 Å². The van der Waals surface area contributed by atoms with Gasteiger partial charge in [-0.25, -0.2) is 18.4 Å². The number of furan rings is 1. The van der Waals surface area contributed by atoms with E-state index in [0.717, 1.165) is 22.9 Å². The molecule has 0 aliphatic rings. The van der Waals surface area contributed by atoms with Crippen molar-refractivity contribution in [1.82, 2.24) is 9.97 Å². The Kier molecular flexibility index (Phi) is 6.97. The number of nitrogens with one attached hydrogen (secondary N) is 1. The van der Waals surface area contributed by atoms with E-state index in [-0.39, 0.29) is 5.69 Å². The predicted molar refractivity (Wildman–Crippen MR) is 134 cm³/mol. The Labute approximate surface area is 204 Å². The van der Waals surface area contributed by atoms with Gasteiger partial charge < -0.3 is 14.6 Å². The van der Waals surface area contributed by atoms with Gasteiger partial charge in [-0.1, -0.05) is 48.0 Å². The smallest absolute Gasteiger partial charge is 0.276 e. The number of carbonyl (C=O) groups is 1. The maximum absolute atomic E-state index is 13.4. The van der Waals surface area contributed by atoms with Crippen LogP contribution in [-0.2, 0) is 22.9 Å². The lowest BCUT2D eigenvalue weighted by Crippen LogP contribution is -2.27. The molecule has 0 aliphatic heterocycles. The van der Waals surface area contributed by atoms with Crippen LogP contribution in [0.5, 0.6) is 0 Å². The number of aromatic nitrogens is 2. The lowest BCUT2D eigenvalue weighted by Gasteiger charge is -2.25. The van der Waals surface area contributed by atoms with Crippen LogP contribution in [0.15, 0.2) is 82.7 Å². The highest BCUT2D eigenvalue weighted by molar-refractivity contribution is 7.90. The summed E-state index contributed by atoms with van der Waals surface area (Å²) in [4.78, 5) is 23.6. The molecule has 0 atom stereocenters. The fraction of sp³-hybridized carbons (Fsp3) is 0.192. The maximum atomic E-state index is 13.4. The summed E-state index contributed by atoms with van der Waals surface area (Å²) in [6, 6.07) is 19.0. The minimum atomic E-state index is -3.74. The monoisotopic (exact) mass is 490 g/mol. The van der Waals surface area contributed by atoms with Crippen molar-refractivity contribution in [3.05, 3.63) is 101 Å². The lowest BCUT2D eigenvalue weighted by molar-refractivity contribution is 0.102. The van der Waals surface area contributed by atoms with Gasteiger partial charge in [-0.05, 0) is 43.2 Å². The van der Waals surface area contributed by atoms with Crippen molar-refractivity contribution in [2.75, 3.05) is 16.5 Å². The van der Waals surface area contributed by atoms with Gasteiger partial charge >= 0.3 is 0 Å². The van der Waals surface area contributed by atoms with Gasteiger partial charge in [-0.3, -0.25) is 4.79 Å². The second kappa shape index (κ2) is 10.1. The molecule has 1 N–H and O–H groups in total. The molecular weight excluding hydrogens is 464 g/mol. The predicted octanol–water partition coefficient (Wildman–Crippen LogP) is 4.55. The molecule has 0 radical (unpaired) electrons. The number of benzene rings is 2. The summed E-state index contributed by atoms with van der Waals surface area (Å²) in [7, 11) is -3.74. The van der Waals surface area contributed by atoms with E-state index in [9.17, 15) is 13.2 Å². The number of aryl methyl sites for hydroxylation is 2. The second-order valence-electron chi connectivity index (χ2n) is 8.35. The first-order valence-electron chi connectivity index (χ1n) is 11.0. The Hall–Kier alpha value is -3.98. The van der Waals surface area contributed by atoms with Gasteiger partial charge in [0.25, 0.3) is 5.91 Å². The van der Waals surface area contributed by atoms with Gasteiger partial charge in [-0.15, -0.1) is 0 Å². The molecule has 2 aromatic heterocycles. The first-order chi connectivity index (χ1) is 16.7. The summed E-state index contributed by atoms with van der Waals surface area (Å²) in [5, 5.41) is 2.44. The van der Waals surface area contributed by atoms with Crippen LogP contribution >= 0.6 is 0 Å². The molecule has 2 aromatic carbocycles.